The summed E-state index contributed by atoms with van der Waals surface area (Å²) < 4.78 is 139. The quantitative estimate of drug-likeness (QED) is 0.0280. The Morgan fingerprint density at radius 1 is 0.127 bits per heavy atom. The number of nitrogens with zero attached hydrogens (tertiary/aromatic N) is 16. The van der Waals surface area contributed by atoms with Crippen LogP contribution in [0.3, 0.4) is 0 Å². The van der Waals surface area contributed by atoms with Crippen LogP contribution in [-0.2, 0) is 33.8 Å². The molecule has 0 heterocycles. The number of hydrogen-bond donors (Lipinski definition) is 0. The summed E-state index contributed by atoms with van der Waals surface area (Å²) >= 11 is -28.3. The zero-order chi connectivity index (χ0) is 93.5. The Labute approximate surface area is 843 Å². The standard InChI is InChI=1S/4C24H18N4O3Te2.OTe/c4*29-32(23-17-9-7-15-21(23)27-25-19-11-3-1-4-12-19)31-33(30)24-18-10-8-16-22(24)28-26-20-13-5-2-6-14-20;1-2/h4*1-18H;. The van der Waals surface area contributed by atoms with Gasteiger partial charge in [0.15, 0.2) is 0 Å². The fourth-order valence-electron chi connectivity index (χ4n) is 10.8. The normalized spacial score (nSPS) is 11.6. The molecule has 0 radical (unpaired) electrons. The second-order valence-corrected chi connectivity index (χ2v) is 58.9. The molecule has 134 heavy (non-hydrogen) atoms. The molecule has 0 saturated heterocycles. The molecule has 16 rings (SSSR count). The zero-order valence-corrected chi connectivity index (χ0v) is 90.7. The molecule has 29 nitrogen and oxygen atoms in total. The van der Waals surface area contributed by atoms with Crippen LogP contribution in [0.4, 0.5) is 91.0 Å². The van der Waals surface area contributed by atoms with Crippen LogP contribution in [0.15, 0.2) is 519 Å². The Hall–Kier alpha value is -10.5. The first-order chi connectivity index (χ1) is 65.8. The minimum absolute atomic E-state index is 0.436. The third kappa shape index (κ3) is 33.5. The summed E-state index contributed by atoms with van der Waals surface area (Å²) in [6.07, 6.45) is 0. The van der Waals surface area contributed by atoms with Crippen LogP contribution >= 0.6 is 0 Å². The molecule has 0 aliphatic heterocycles. The van der Waals surface area contributed by atoms with Crippen molar-refractivity contribution in [3.63, 3.8) is 0 Å². The van der Waals surface area contributed by atoms with Crippen LogP contribution in [0.5, 0.6) is 0 Å². The molecule has 0 saturated carbocycles. The number of benzene rings is 16. The fraction of sp³-hybridized carbons (Fsp3) is 0. The summed E-state index contributed by atoms with van der Waals surface area (Å²) in [5.41, 5.74) is 8.95. The average Bonchev–Trinajstić information content (AvgIpc) is 0.848. The number of azo groups is 8. The summed E-state index contributed by atoms with van der Waals surface area (Å²) in [7, 11) is 0. The first kappa shape index (κ1) is 102. The van der Waals surface area contributed by atoms with Crippen LogP contribution < -0.4 is 28.9 Å². The van der Waals surface area contributed by atoms with E-state index in [1.807, 2.05) is 243 Å². The van der Waals surface area contributed by atoms with Crippen molar-refractivity contribution in [1.82, 2.24) is 0 Å². The predicted octanol–water partition coefficient (Wildman–Crippen LogP) is 21.4. The first-order valence-electron chi connectivity index (χ1n) is 39.5. The van der Waals surface area contributed by atoms with Gasteiger partial charge in [0, 0.05) is 0 Å². The van der Waals surface area contributed by atoms with E-state index in [4.69, 9.17) is 8.97 Å². The van der Waals surface area contributed by atoms with Crippen molar-refractivity contribution < 1.29 is 33.8 Å². The van der Waals surface area contributed by atoms with E-state index in [1.165, 1.54) is 0 Å². The summed E-state index contributed by atoms with van der Waals surface area (Å²) in [4.78, 5) is 0. The zero-order valence-electron chi connectivity index (χ0n) is 69.7. The summed E-state index contributed by atoms with van der Waals surface area (Å²) in [6.45, 7) is 0. The molecule has 0 amide bonds. The van der Waals surface area contributed by atoms with E-state index in [2.05, 4.69) is 81.8 Å². The molecule has 0 N–H and O–H groups in total. The Morgan fingerprint density at radius 2 is 0.216 bits per heavy atom. The van der Waals surface area contributed by atoms with E-state index in [-0.39, 0.29) is 0 Å². The molecule has 0 spiro atoms. The van der Waals surface area contributed by atoms with Gasteiger partial charge in [-0.1, -0.05) is 0 Å². The maximum atomic E-state index is 13.1. The van der Waals surface area contributed by atoms with Crippen LogP contribution in [-0.4, -0.2) is 182 Å². The predicted molar refractivity (Wildman–Crippen MR) is 516 cm³/mol. The molecule has 0 aliphatic rings. The van der Waals surface area contributed by atoms with Crippen molar-refractivity contribution in [3.05, 3.63) is 437 Å². The molecular formula is C96H72N16O13Te9. The molecule has 0 unspecified atom stereocenters. The third-order valence-corrected chi connectivity index (χ3v) is 54.9. The SMILES string of the molecule is O=[Te].O=[Te](O[Te](=O)c1ccccc1N=Nc1ccccc1)c1ccccc1N=Nc1ccccc1.O=[Te](O[Te](=O)c1ccccc1N=Nc1ccccc1)c1ccccc1N=Nc1ccccc1.O=[Te](O[Te](=O)c1ccccc1N=Nc1ccccc1)c1ccccc1N=Nc1ccccc1.O=[Te](O[Te](=O)c1ccccc1N=Nc1ccccc1)c1ccccc1N=Nc1ccccc1. The van der Waals surface area contributed by atoms with E-state index in [1.54, 1.807) is 194 Å². The molecule has 0 atom stereocenters. The third-order valence-electron chi connectivity index (χ3n) is 17.1. The Bertz CT molecular complexity index is 5770. The van der Waals surface area contributed by atoms with Gasteiger partial charge in [0.25, 0.3) is 0 Å². The second kappa shape index (κ2) is 57.4. The Balaban J connectivity index is 0.000000160. The molecule has 668 valence electrons. The van der Waals surface area contributed by atoms with Crippen LogP contribution in [0, 0.1) is 0 Å². The molecule has 0 aliphatic carbocycles. The fourth-order valence-corrected chi connectivity index (χ4v) is 44.3. The Kier molecular flexibility index (Phi) is 43.8. The van der Waals surface area contributed by atoms with Gasteiger partial charge < -0.3 is 0 Å². The molecule has 0 fully saturated rings. The molecule has 16 aromatic rings. The van der Waals surface area contributed by atoms with Crippen molar-refractivity contribution in [3.8, 4) is 0 Å². The topological polar surface area (TPSA) is 388 Å². The van der Waals surface area contributed by atoms with Gasteiger partial charge in [-0.05, 0) is 0 Å². The van der Waals surface area contributed by atoms with Crippen molar-refractivity contribution >= 4 is 302 Å². The van der Waals surface area contributed by atoms with E-state index >= 15 is 0 Å². The Morgan fingerprint density at radius 3 is 0.321 bits per heavy atom. The maximum absolute atomic E-state index is 13.1. The minimum atomic E-state index is -3.62. The van der Waals surface area contributed by atoms with E-state index in [9.17, 15) is 24.8 Å². The monoisotopic (exact) mass is 2830 g/mol. The summed E-state index contributed by atoms with van der Waals surface area (Å²) in [6, 6.07) is 129. The van der Waals surface area contributed by atoms with Crippen molar-refractivity contribution in [2.75, 3.05) is 0 Å². The number of rotatable bonds is 32. The molecule has 38 heteroatoms. The molecule has 16 aromatic carbocycles. The van der Waals surface area contributed by atoms with Crippen LogP contribution in [0.2, 0.25) is 0 Å². The molecular weight excluding hydrogens is 2730 g/mol. The number of hydrogen-bond acceptors (Lipinski definition) is 29. The van der Waals surface area contributed by atoms with E-state index in [0.29, 0.717) is 142 Å². The van der Waals surface area contributed by atoms with Crippen LogP contribution in [0.25, 0.3) is 0 Å². The van der Waals surface area contributed by atoms with Gasteiger partial charge in [0.2, 0.25) is 0 Å². The van der Waals surface area contributed by atoms with Gasteiger partial charge in [-0.2, -0.15) is 0 Å². The van der Waals surface area contributed by atoms with Crippen LogP contribution in [0.1, 0.15) is 0 Å². The van der Waals surface area contributed by atoms with Gasteiger partial charge in [-0.25, -0.2) is 0 Å². The van der Waals surface area contributed by atoms with E-state index < -0.39 is 160 Å². The average molecular weight is 2810 g/mol. The van der Waals surface area contributed by atoms with Crippen molar-refractivity contribution in [2.45, 2.75) is 0 Å². The molecule has 0 aromatic heterocycles. The van der Waals surface area contributed by atoms with Gasteiger partial charge in [0.1, 0.15) is 0 Å². The van der Waals surface area contributed by atoms with Gasteiger partial charge in [0.05, 0.1) is 0 Å². The van der Waals surface area contributed by atoms with Crippen molar-refractivity contribution in [1.29, 1.82) is 0 Å². The van der Waals surface area contributed by atoms with Gasteiger partial charge in [-0.3, -0.25) is 0 Å². The first-order valence-corrected chi connectivity index (χ1v) is 65.0. The molecule has 0 bridgehead atoms. The van der Waals surface area contributed by atoms with Gasteiger partial charge >= 0.3 is 854 Å². The van der Waals surface area contributed by atoms with Gasteiger partial charge in [-0.15, -0.1) is 0 Å². The summed E-state index contributed by atoms with van der Waals surface area (Å²) in [5, 5.41) is 67.4. The van der Waals surface area contributed by atoms with E-state index in [0.717, 1.165) is 0 Å². The summed E-state index contributed by atoms with van der Waals surface area (Å²) in [5.74, 6) is 0. The second-order valence-electron chi connectivity index (χ2n) is 26.2. The van der Waals surface area contributed by atoms with Crippen molar-refractivity contribution in [2.24, 2.45) is 81.8 Å².